The standard InChI is InChI=1S/C37H74N2O/c1-4-6-8-10-12-14-16-18-19-20-21-23-25-27-29-31-35-40-36(3)39-34-33-38-37(39)32-30-28-26-24-22-17-15-13-11-9-7-5-2/h36H,4-35H2,1-3H3. The second-order valence-corrected chi connectivity index (χ2v) is 12.9. The molecule has 1 atom stereocenters. The molecule has 0 N–H and O–H groups in total. The van der Waals surface area contributed by atoms with Crippen LogP contribution in [0.3, 0.4) is 0 Å². The molecule has 1 rings (SSSR count). The molecule has 40 heavy (non-hydrogen) atoms. The first kappa shape index (κ1) is 37.5. The smallest absolute Gasteiger partial charge is 0.128 e. The summed E-state index contributed by atoms with van der Waals surface area (Å²) in [7, 11) is 0. The third-order valence-corrected chi connectivity index (χ3v) is 9.02. The van der Waals surface area contributed by atoms with Gasteiger partial charge in [0, 0.05) is 19.6 Å². The van der Waals surface area contributed by atoms with Gasteiger partial charge in [0.2, 0.25) is 0 Å². The van der Waals surface area contributed by atoms with Crippen molar-refractivity contribution in [3.63, 3.8) is 0 Å². The van der Waals surface area contributed by atoms with Gasteiger partial charge >= 0.3 is 0 Å². The van der Waals surface area contributed by atoms with Crippen molar-refractivity contribution in [3.05, 3.63) is 0 Å². The van der Waals surface area contributed by atoms with E-state index in [2.05, 4.69) is 25.7 Å². The summed E-state index contributed by atoms with van der Waals surface area (Å²) in [5, 5.41) is 0. The van der Waals surface area contributed by atoms with Crippen LogP contribution in [0, 0.1) is 0 Å². The molecule has 0 saturated carbocycles. The van der Waals surface area contributed by atoms with E-state index in [0.717, 1.165) is 26.1 Å². The van der Waals surface area contributed by atoms with Crippen molar-refractivity contribution in [2.45, 2.75) is 213 Å². The van der Waals surface area contributed by atoms with Gasteiger partial charge in [-0.2, -0.15) is 0 Å². The summed E-state index contributed by atoms with van der Waals surface area (Å²) in [5.74, 6) is 1.31. The Hall–Kier alpha value is -0.570. The van der Waals surface area contributed by atoms with Gasteiger partial charge in [-0.05, 0) is 19.8 Å². The number of amidine groups is 1. The molecule has 3 heteroatoms. The first-order valence-corrected chi connectivity index (χ1v) is 18.7. The SMILES string of the molecule is CCCCCCCCCCCCCCCCCCOC(C)N1CCN=C1CCCCCCCCCCCCCC. The predicted octanol–water partition coefficient (Wildman–Crippen LogP) is 12.4. The summed E-state index contributed by atoms with van der Waals surface area (Å²) in [6.45, 7) is 9.75. The van der Waals surface area contributed by atoms with E-state index in [1.165, 1.54) is 186 Å². The highest BCUT2D eigenvalue weighted by Gasteiger charge is 2.22. The van der Waals surface area contributed by atoms with Crippen LogP contribution in [0.5, 0.6) is 0 Å². The van der Waals surface area contributed by atoms with Gasteiger partial charge < -0.3 is 9.64 Å². The Morgan fingerprint density at radius 1 is 0.525 bits per heavy atom. The molecule has 0 saturated heterocycles. The van der Waals surface area contributed by atoms with Crippen molar-refractivity contribution >= 4 is 5.84 Å². The third-order valence-electron chi connectivity index (χ3n) is 9.02. The van der Waals surface area contributed by atoms with Crippen molar-refractivity contribution in [2.24, 2.45) is 4.99 Å². The maximum atomic E-state index is 6.23. The zero-order valence-corrected chi connectivity index (χ0v) is 28.0. The fourth-order valence-corrected chi connectivity index (χ4v) is 6.24. The largest absolute Gasteiger partial charge is 0.359 e. The minimum absolute atomic E-state index is 0.190. The number of ether oxygens (including phenoxy) is 1. The molecular weight excluding hydrogens is 488 g/mol. The predicted molar refractivity (Wildman–Crippen MR) is 180 cm³/mol. The highest BCUT2D eigenvalue weighted by Crippen LogP contribution is 2.17. The van der Waals surface area contributed by atoms with Crippen molar-refractivity contribution in [3.8, 4) is 0 Å². The fourth-order valence-electron chi connectivity index (χ4n) is 6.24. The second kappa shape index (κ2) is 29.9. The molecule has 0 radical (unpaired) electrons. The van der Waals surface area contributed by atoms with E-state index in [1.54, 1.807) is 0 Å². The van der Waals surface area contributed by atoms with Crippen molar-refractivity contribution in [2.75, 3.05) is 19.7 Å². The van der Waals surface area contributed by atoms with Gasteiger partial charge in [0.25, 0.3) is 0 Å². The minimum atomic E-state index is 0.190. The molecule has 3 nitrogen and oxygen atoms in total. The van der Waals surface area contributed by atoms with Gasteiger partial charge in [-0.3, -0.25) is 4.99 Å². The minimum Gasteiger partial charge on any atom is -0.359 e. The zero-order valence-electron chi connectivity index (χ0n) is 28.0. The molecule has 0 aromatic heterocycles. The van der Waals surface area contributed by atoms with Gasteiger partial charge in [0.1, 0.15) is 12.1 Å². The number of hydrogen-bond acceptors (Lipinski definition) is 3. The Morgan fingerprint density at radius 3 is 1.27 bits per heavy atom. The molecule has 0 aromatic carbocycles. The molecule has 0 bridgehead atoms. The van der Waals surface area contributed by atoms with E-state index >= 15 is 0 Å². The summed E-state index contributed by atoms with van der Waals surface area (Å²) < 4.78 is 6.23. The van der Waals surface area contributed by atoms with Crippen LogP contribution in [-0.2, 0) is 4.74 Å². The van der Waals surface area contributed by atoms with E-state index in [-0.39, 0.29) is 6.23 Å². The van der Waals surface area contributed by atoms with Crippen LogP contribution < -0.4 is 0 Å². The molecule has 1 aliphatic rings. The quantitative estimate of drug-likeness (QED) is 0.0761. The second-order valence-electron chi connectivity index (χ2n) is 12.9. The van der Waals surface area contributed by atoms with Gasteiger partial charge in [-0.15, -0.1) is 0 Å². The van der Waals surface area contributed by atoms with Gasteiger partial charge in [0.15, 0.2) is 0 Å². The van der Waals surface area contributed by atoms with Crippen LogP contribution in [0.1, 0.15) is 207 Å². The van der Waals surface area contributed by atoms with Crippen LogP contribution in [0.25, 0.3) is 0 Å². The highest BCUT2D eigenvalue weighted by atomic mass is 16.5. The number of rotatable bonds is 32. The Bertz CT molecular complexity index is 534. The summed E-state index contributed by atoms with van der Waals surface area (Å²) in [6, 6.07) is 0. The molecule has 1 unspecified atom stereocenters. The highest BCUT2D eigenvalue weighted by molar-refractivity contribution is 5.83. The van der Waals surface area contributed by atoms with Crippen LogP contribution in [0.4, 0.5) is 0 Å². The average Bonchev–Trinajstić information content (AvgIpc) is 3.44. The molecule has 0 aliphatic carbocycles. The Labute approximate surface area is 253 Å². The van der Waals surface area contributed by atoms with E-state index in [0.29, 0.717) is 0 Å². The normalized spacial score (nSPS) is 14.3. The molecule has 1 heterocycles. The molecule has 238 valence electrons. The monoisotopic (exact) mass is 563 g/mol. The summed E-state index contributed by atoms with van der Waals surface area (Å²) in [5.41, 5.74) is 0. The van der Waals surface area contributed by atoms with Crippen LogP contribution in [0.15, 0.2) is 4.99 Å². The van der Waals surface area contributed by atoms with Crippen molar-refractivity contribution in [1.82, 2.24) is 4.90 Å². The van der Waals surface area contributed by atoms with E-state index in [4.69, 9.17) is 9.73 Å². The lowest BCUT2D eigenvalue weighted by Crippen LogP contribution is -2.38. The number of nitrogens with zero attached hydrogens (tertiary/aromatic N) is 2. The fraction of sp³-hybridized carbons (Fsp3) is 0.973. The number of hydrogen-bond donors (Lipinski definition) is 0. The maximum Gasteiger partial charge on any atom is 0.128 e. The number of aliphatic imine (C=N–C) groups is 1. The molecule has 0 fully saturated rings. The first-order chi connectivity index (χ1) is 19.8. The van der Waals surface area contributed by atoms with Crippen molar-refractivity contribution < 1.29 is 4.74 Å². The summed E-state index contributed by atoms with van der Waals surface area (Å²) >= 11 is 0. The lowest BCUT2D eigenvalue weighted by Gasteiger charge is -2.28. The molecule has 0 amide bonds. The van der Waals surface area contributed by atoms with Gasteiger partial charge in [-0.1, -0.05) is 181 Å². The van der Waals surface area contributed by atoms with Gasteiger partial charge in [-0.25, -0.2) is 0 Å². The third kappa shape index (κ3) is 23.0. The van der Waals surface area contributed by atoms with Gasteiger partial charge in [0.05, 0.1) is 6.54 Å². The van der Waals surface area contributed by atoms with E-state index < -0.39 is 0 Å². The molecule has 0 aromatic rings. The Kier molecular flexibility index (Phi) is 28.0. The molecule has 1 aliphatic heterocycles. The molecule has 0 spiro atoms. The van der Waals surface area contributed by atoms with E-state index in [9.17, 15) is 0 Å². The summed E-state index contributed by atoms with van der Waals surface area (Å²) in [4.78, 5) is 7.25. The maximum absolute atomic E-state index is 6.23. The Balaban J connectivity index is 1.86. The lowest BCUT2D eigenvalue weighted by atomic mass is 10.0. The average molecular weight is 563 g/mol. The lowest BCUT2D eigenvalue weighted by molar-refractivity contribution is -0.0113. The van der Waals surface area contributed by atoms with Crippen LogP contribution in [-0.4, -0.2) is 36.7 Å². The first-order valence-electron chi connectivity index (χ1n) is 18.7. The Morgan fingerprint density at radius 2 is 0.875 bits per heavy atom. The molecular formula is C37H74N2O. The summed E-state index contributed by atoms with van der Waals surface area (Å²) in [6.07, 6.45) is 41.0. The zero-order chi connectivity index (χ0) is 28.8. The van der Waals surface area contributed by atoms with Crippen LogP contribution >= 0.6 is 0 Å². The van der Waals surface area contributed by atoms with Crippen molar-refractivity contribution in [1.29, 1.82) is 0 Å². The van der Waals surface area contributed by atoms with Crippen LogP contribution in [0.2, 0.25) is 0 Å². The topological polar surface area (TPSA) is 24.8 Å². The number of unbranched alkanes of at least 4 members (excludes halogenated alkanes) is 26. The van der Waals surface area contributed by atoms with E-state index in [1.807, 2.05) is 0 Å².